The molecule has 156 valence electrons. The second-order valence-electron chi connectivity index (χ2n) is 7.12. The summed E-state index contributed by atoms with van der Waals surface area (Å²) in [6.07, 6.45) is 1.74. The van der Waals surface area contributed by atoms with Gasteiger partial charge in [0.15, 0.2) is 0 Å². The van der Waals surface area contributed by atoms with Crippen molar-refractivity contribution in [2.24, 2.45) is 0 Å². The number of aliphatic hydroxyl groups is 1. The number of halogens is 2. The van der Waals surface area contributed by atoms with Gasteiger partial charge in [-0.05, 0) is 36.3 Å². The third-order valence-electron chi connectivity index (χ3n) is 5.05. The maximum absolute atomic E-state index is 9.57. The number of benzene rings is 3. The molecule has 0 saturated carbocycles. The molecule has 4 aromatic rings. The number of aliphatic hydroxyl groups excluding tert-OH is 1. The first-order valence-electron chi connectivity index (χ1n) is 9.91. The molecule has 0 radical (unpaired) electrons. The van der Waals surface area contributed by atoms with Gasteiger partial charge in [0.05, 0.1) is 11.6 Å². The lowest BCUT2D eigenvalue weighted by Gasteiger charge is -2.16. The highest BCUT2D eigenvalue weighted by atomic mass is 35.5. The van der Waals surface area contributed by atoms with E-state index in [1.54, 1.807) is 12.1 Å². The Morgan fingerprint density at radius 2 is 1.77 bits per heavy atom. The van der Waals surface area contributed by atoms with Crippen molar-refractivity contribution < 1.29 is 9.84 Å². The number of rotatable bonds is 6. The zero-order chi connectivity index (χ0) is 21.8. The first-order valence-corrected chi connectivity index (χ1v) is 10.7. The van der Waals surface area contributed by atoms with E-state index < -0.39 is 0 Å². The van der Waals surface area contributed by atoms with Gasteiger partial charge in [0.25, 0.3) is 0 Å². The van der Waals surface area contributed by atoms with E-state index in [1.165, 1.54) is 0 Å². The van der Waals surface area contributed by atoms with Crippen LogP contribution in [0.1, 0.15) is 22.4 Å². The standard InChI is InChI=1S/C26H21Cl2NO2/c1-17-10-11-19-8-5-9-24(26(19)29-17)31-16-22-23(27)13-12-21(25(22)28)20(14-15-30)18-6-3-2-4-7-18/h2-14,30H,15-16H2,1H3/b20-14+. The molecule has 1 N–H and O–H groups in total. The van der Waals surface area contributed by atoms with Crippen LogP contribution in [0.4, 0.5) is 0 Å². The molecule has 1 aromatic heterocycles. The van der Waals surface area contributed by atoms with Crippen LogP contribution in [0, 0.1) is 6.92 Å². The highest BCUT2D eigenvalue weighted by Gasteiger charge is 2.16. The van der Waals surface area contributed by atoms with Gasteiger partial charge < -0.3 is 9.84 Å². The number of para-hydroxylation sites is 1. The van der Waals surface area contributed by atoms with E-state index in [9.17, 15) is 5.11 Å². The maximum atomic E-state index is 9.57. The Hall–Kier alpha value is -2.85. The van der Waals surface area contributed by atoms with Crippen LogP contribution in [0.5, 0.6) is 5.75 Å². The summed E-state index contributed by atoms with van der Waals surface area (Å²) in [5, 5.41) is 11.6. The van der Waals surface area contributed by atoms with Crippen LogP contribution in [0.3, 0.4) is 0 Å². The summed E-state index contributed by atoms with van der Waals surface area (Å²) >= 11 is 13.3. The molecule has 31 heavy (non-hydrogen) atoms. The van der Waals surface area contributed by atoms with Crippen molar-refractivity contribution in [3.63, 3.8) is 0 Å². The first-order chi connectivity index (χ1) is 15.1. The summed E-state index contributed by atoms with van der Waals surface area (Å²) in [4.78, 5) is 4.61. The zero-order valence-corrected chi connectivity index (χ0v) is 18.5. The Labute approximate surface area is 191 Å². The topological polar surface area (TPSA) is 42.4 Å². The summed E-state index contributed by atoms with van der Waals surface area (Å²) in [5.41, 5.74) is 5.00. The quantitative estimate of drug-likeness (QED) is 0.349. The minimum Gasteiger partial charge on any atom is -0.487 e. The fourth-order valence-corrected chi connectivity index (χ4v) is 4.10. The highest BCUT2D eigenvalue weighted by molar-refractivity contribution is 6.37. The minimum atomic E-state index is -0.101. The van der Waals surface area contributed by atoms with Crippen molar-refractivity contribution >= 4 is 39.7 Å². The predicted molar refractivity (Wildman–Crippen MR) is 128 cm³/mol. The molecule has 1 heterocycles. The molecule has 0 aliphatic heterocycles. The lowest BCUT2D eigenvalue weighted by Crippen LogP contribution is -2.01. The SMILES string of the molecule is Cc1ccc2cccc(OCc3c(Cl)ccc(/C(=C/CO)c4ccccc4)c3Cl)c2n1. The fraction of sp³-hybridized carbons (Fsp3) is 0.115. The number of ether oxygens (including phenoxy) is 1. The molecule has 0 aliphatic rings. The average molecular weight is 450 g/mol. The van der Waals surface area contributed by atoms with Crippen LogP contribution in [0.15, 0.2) is 78.9 Å². The summed E-state index contributed by atoms with van der Waals surface area (Å²) in [6, 6.07) is 23.3. The van der Waals surface area contributed by atoms with Gasteiger partial charge in [-0.3, -0.25) is 0 Å². The van der Waals surface area contributed by atoms with E-state index in [-0.39, 0.29) is 13.2 Å². The number of nitrogens with zero attached hydrogens (tertiary/aromatic N) is 1. The van der Waals surface area contributed by atoms with Crippen LogP contribution >= 0.6 is 23.2 Å². The van der Waals surface area contributed by atoms with Gasteiger partial charge >= 0.3 is 0 Å². The van der Waals surface area contributed by atoms with Gasteiger partial charge in [0, 0.05) is 27.2 Å². The average Bonchev–Trinajstić information content (AvgIpc) is 2.78. The van der Waals surface area contributed by atoms with Crippen LogP contribution in [-0.4, -0.2) is 16.7 Å². The first kappa shape index (κ1) is 21.4. The summed E-state index contributed by atoms with van der Waals surface area (Å²) in [6.45, 7) is 2.05. The number of aromatic nitrogens is 1. The van der Waals surface area contributed by atoms with Crippen molar-refractivity contribution in [1.29, 1.82) is 0 Å². The van der Waals surface area contributed by atoms with Crippen molar-refractivity contribution in [2.75, 3.05) is 6.61 Å². The molecule has 0 unspecified atom stereocenters. The highest BCUT2D eigenvalue weighted by Crippen LogP contribution is 2.36. The van der Waals surface area contributed by atoms with E-state index in [2.05, 4.69) is 4.98 Å². The van der Waals surface area contributed by atoms with Crippen LogP contribution in [0.2, 0.25) is 10.0 Å². The molecule has 3 nitrogen and oxygen atoms in total. The van der Waals surface area contributed by atoms with E-state index in [0.717, 1.165) is 33.3 Å². The molecule has 0 saturated heterocycles. The van der Waals surface area contributed by atoms with Crippen LogP contribution < -0.4 is 4.74 Å². The molecule has 0 atom stereocenters. The smallest absolute Gasteiger partial charge is 0.146 e. The Bertz CT molecular complexity index is 1250. The molecule has 3 aromatic carbocycles. The van der Waals surface area contributed by atoms with Crippen molar-refractivity contribution in [1.82, 2.24) is 4.98 Å². The molecule has 0 aliphatic carbocycles. The van der Waals surface area contributed by atoms with Gasteiger partial charge in [-0.15, -0.1) is 0 Å². The maximum Gasteiger partial charge on any atom is 0.146 e. The Balaban J connectivity index is 1.71. The van der Waals surface area contributed by atoms with Crippen molar-refractivity contribution in [3.8, 4) is 5.75 Å². The molecule has 0 fully saturated rings. The molecule has 0 spiro atoms. The van der Waals surface area contributed by atoms with E-state index in [1.807, 2.05) is 73.7 Å². The van der Waals surface area contributed by atoms with Gasteiger partial charge in [0.1, 0.15) is 17.9 Å². The van der Waals surface area contributed by atoms with Gasteiger partial charge in [-0.2, -0.15) is 0 Å². The summed E-state index contributed by atoms with van der Waals surface area (Å²) in [7, 11) is 0. The molecule has 0 amide bonds. The molecule has 0 bridgehead atoms. The number of aryl methyl sites for hydroxylation is 1. The van der Waals surface area contributed by atoms with Gasteiger partial charge in [-0.25, -0.2) is 4.98 Å². The van der Waals surface area contributed by atoms with E-state index >= 15 is 0 Å². The molecule has 5 heteroatoms. The molecule has 4 rings (SSSR count). The second kappa shape index (κ2) is 9.52. The Morgan fingerprint density at radius 3 is 2.55 bits per heavy atom. The lowest BCUT2D eigenvalue weighted by atomic mass is 9.96. The number of hydrogen-bond donors (Lipinski definition) is 1. The monoisotopic (exact) mass is 449 g/mol. The third kappa shape index (κ3) is 4.59. The zero-order valence-electron chi connectivity index (χ0n) is 17.0. The normalized spacial score (nSPS) is 11.7. The van der Waals surface area contributed by atoms with Gasteiger partial charge in [-0.1, -0.05) is 83.9 Å². The Kier molecular flexibility index (Phi) is 6.57. The van der Waals surface area contributed by atoms with Crippen molar-refractivity contribution in [3.05, 3.63) is 111 Å². The molecular weight excluding hydrogens is 429 g/mol. The number of fused-ring (bicyclic) bond motifs is 1. The minimum absolute atomic E-state index is 0.101. The van der Waals surface area contributed by atoms with Crippen LogP contribution in [-0.2, 0) is 6.61 Å². The van der Waals surface area contributed by atoms with E-state index in [0.29, 0.717) is 21.4 Å². The van der Waals surface area contributed by atoms with Crippen molar-refractivity contribution in [2.45, 2.75) is 13.5 Å². The summed E-state index contributed by atoms with van der Waals surface area (Å²) < 4.78 is 6.12. The number of pyridine rings is 1. The van der Waals surface area contributed by atoms with E-state index in [4.69, 9.17) is 27.9 Å². The lowest BCUT2D eigenvalue weighted by molar-refractivity contribution is 0.309. The Morgan fingerprint density at radius 1 is 0.968 bits per heavy atom. The third-order valence-corrected chi connectivity index (χ3v) is 5.84. The summed E-state index contributed by atoms with van der Waals surface area (Å²) in [5.74, 6) is 0.674. The fourth-order valence-electron chi connectivity index (χ4n) is 3.51. The largest absolute Gasteiger partial charge is 0.487 e. The molecular formula is C26H21Cl2NO2. The predicted octanol–water partition coefficient (Wildman–Crippen LogP) is 6.85. The van der Waals surface area contributed by atoms with Crippen LogP contribution in [0.25, 0.3) is 16.5 Å². The number of hydrogen-bond acceptors (Lipinski definition) is 3. The van der Waals surface area contributed by atoms with Gasteiger partial charge in [0.2, 0.25) is 0 Å². The second-order valence-corrected chi connectivity index (χ2v) is 7.91.